The summed E-state index contributed by atoms with van der Waals surface area (Å²) in [7, 11) is 0. The lowest BCUT2D eigenvalue weighted by Crippen LogP contribution is -1.95. The topological polar surface area (TPSA) is 83.6 Å². The summed E-state index contributed by atoms with van der Waals surface area (Å²) in [6.45, 7) is -0.231. The number of aromatic carboxylic acids is 1. The van der Waals surface area contributed by atoms with Crippen LogP contribution in [0, 0.1) is 0 Å². The average Bonchev–Trinajstić information content (AvgIpc) is 2.77. The van der Waals surface area contributed by atoms with Gasteiger partial charge in [-0.2, -0.15) is 0 Å². The first-order chi connectivity index (χ1) is 7.70. The van der Waals surface area contributed by atoms with E-state index in [1.54, 1.807) is 18.2 Å². The van der Waals surface area contributed by atoms with E-state index in [9.17, 15) is 4.79 Å². The maximum Gasteiger partial charge on any atom is 0.335 e. The third kappa shape index (κ3) is 1.94. The molecule has 0 bridgehead atoms. The molecule has 0 fully saturated rings. The predicted octanol–water partition coefficient (Wildman–Crippen LogP) is 1.53. The molecular weight excluding hydrogens is 210 g/mol. The maximum atomic E-state index is 10.8. The Balaban J connectivity index is 2.40. The largest absolute Gasteiger partial charge is 0.478 e. The van der Waals surface area contributed by atoms with E-state index >= 15 is 0 Å². The van der Waals surface area contributed by atoms with Crippen LogP contribution in [0.25, 0.3) is 11.3 Å². The Labute approximate surface area is 90.9 Å². The van der Waals surface area contributed by atoms with Gasteiger partial charge < -0.3 is 14.7 Å². The van der Waals surface area contributed by atoms with Gasteiger partial charge in [-0.25, -0.2) is 4.79 Å². The first-order valence-electron chi connectivity index (χ1n) is 4.61. The van der Waals surface area contributed by atoms with Crippen LogP contribution in [0.3, 0.4) is 0 Å². The zero-order valence-electron chi connectivity index (χ0n) is 8.25. The molecule has 1 heterocycles. The molecule has 1 aromatic carbocycles. The standard InChI is InChI=1S/C11H9NO4/c13-6-9-5-10(12-16-9)7-2-1-3-8(4-7)11(14)15/h1-5,13H,6H2,(H,14,15). The number of carboxylic acid groups (broad SMARTS) is 1. The summed E-state index contributed by atoms with van der Waals surface area (Å²) in [5.41, 5.74) is 1.33. The summed E-state index contributed by atoms with van der Waals surface area (Å²) in [5.74, 6) is -0.650. The van der Waals surface area contributed by atoms with Crippen LogP contribution in [0.1, 0.15) is 16.1 Å². The van der Waals surface area contributed by atoms with Crippen molar-refractivity contribution in [3.8, 4) is 11.3 Å². The van der Waals surface area contributed by atoms with Gasteiger partial charge in [0.1, 0.15) is 12.3 Å². The molecule has 5 heteroatoms. The molecule has 0 atom stereocenters. The molecule has 1 aromatic heterocycles. The van der Waals surface area contributed by atoms with Gasteiger partial charge in [0.05, 0.1) is 5.56 Å². The lowest BCUT2D eigenvalue weighted by atomic mass is 10.1. The number of aliphatic hydroxyl groups excluding tert-OH is 1. The minimum absolute atomic E-state index is 0.186. The van der Waals surface area contributed by atoms with Crippen LogP contribution in [0.2, 0.25) is 0 Å². The third-order valence-corrected chi connectivity index (χ3v) is 2.12. The highest BCUT2D eigenvalue weighted by Gasteiger charge is 2.08. The Bertz CT molecular complexity index is 518. The third-order valence-electron chi connectivity index (χ3n) is 2.12. The van der Waals surface area contributed by atoms with Crippen molar-refractivity contribution < 1.29 is 19.5 Å². The van der Waals surface area contributed by atoms with E-state index in [4.69, 9.17) is 14.7 Å². The van der Waals surface area contributed by atoms with Crippen LogP contribution in [0.15, 0.2) is 34.9 Å². The molecule has 0 radical (unpaired) electrons. The van der Waals surface area contributed by atoms with Crippen molar-refractivity contribution in [2.45, 2.75) is 6.61 Å². The summed E-state index contributed by atoms with van der Waals surface area (Å²) in [5, 5.41) is 21.4. The van der Waals surface area contributed by atoms with Crippen molar-refractivity contribution in [1.82, 2.24) is 5.16 Å². The fourth-order valence-corrected chi connectivity index (χ4v) is 1.34. The lowest BCUT2D eigenvalue weighted by molar-refractivity contribution is 0.0697. The number of aromatic nitrogens is 1. The molecular formula is C11H9NO4. The summed E-state index contributed by atoms with van der Waals surface area (Å²) >= 11 is 0. The van der Waals surface area contributed by atoms with E-state index in [1.807, 2.05) is 0 Å². The smallest absolute Gasteiger partial charge is 0.335 e. The zero-order valence-corrected chi connectivity index (χ0v) is 8.25. The second kappa shape index (κ2) is 4.16. The predicted molar refractivity (Wildman–Crippen MR) is 54.8 cm³/mol. The molecule has 0 saturated carbocycles. The van der Waals surface area contributed by atoms with Crippen molar-refractivity contribution in [3.05, 3.63) is 41.7 Å². The van der Waals surface area contributed by atoms with E-state index in [1.165, 1.54) is 12.1 Å². The fourth-order valence-electron chi connectivity index (χ4n) is 1.34. The van der Waals surface area contributed by atoms with E-state index in [0.717, 1.165) is 0 Å². The van der Waals surface area contributed by atoms with Crippen LogP contribution in [-0.2, 0) is 6.61 Å². The number of rotatable bonds is 3. The van der Waals surface area contributed by atoms with E-state index in [0.29, 0.717) is 17.0 Å². The number of hydrogen-bond donors (Lipinski definition) is 2. The van der Waals surface area contributed by atoms with Gasteiger partial charge in [-0.15, -0.1) is 0 Å². The molecule has 0 amide bonds. The Hall–Kier alpha value is -2.14. The first kappa shape index (κ1) is 10.4. The SMILES string of the molecule is O=C(O)c1cccc(-c2cc(CO)on2)c1. The van der Waals surface area contributed by atoms with Crippen molar-refractivity contribution in [3.63, 3.8) is 0 Å². The quantitative estimate of drug-likeness (QED) is 0.817. The van der Waals surface area contributed by atoms with E-state index in [2.05, 4.69) is 5.16 Å². The Morgan fingerprint density at radius 2 is 2.19 bits per heavy atom. The summed E-state index contributed by atoms with van der Waals surface area (Å²) in [4.78, 5) is 10.8. The minimum Gasteiger partial charge on any atom is -0.478 e. The van der Waals surface area contributed by atoms with Crippen LogP contribution in [0.4, 0.5) is 0 Å². The molecule has 5 nitrogen and oxygen atoms in total. The molecule has 16 heavy (non-hydrogen) atoms. The molecule has 2 N–H and O–H groups in total. The first-order valence-corrected chi connectivity index (χ1v) is 4.61. The van der Waals surface area contributed by atoms with Crippen molar-refractivity contribution >= 4 is 5.97 Å². The molecule has 0 aliphatic rings. The highest BCUT2D eigenvalue weighted by atomic mass is 16.5. The number of hydrogen-bond acceptors (Lipinski definition) is 4. The average molecular weight is 219 g/mol. The molecule has 0 saturated heterocycles. The summed E-state index contributed by atoms with van der Waals surface area (Å²) < 4.78 is 4.82. The van der Waals surface area contributed by atoms with E-state index < -0.39 is 5.97 Å². The van der Waals surface area contributed by atoms with Crippen LogP contribution in [-0.4, -0.2) is 21.3 Å². The van der Waals surface area contributed by atoms with Crippen LogP contribution < -0.4 is 0 Å². The lowest BCUT2D eigenvalue weighted by Gasteiger charge is -1.97. The Morgan fingerprint density at radius 3 is 2.81 bits per heavy atom. The monoisotopic (exact) mass is 219 g/mol. The second-order valence-corrected chi connectivity index (χ2v) is 3.22. The van der Waals surface area contributed by atoms with Gasteiger partial charge in [-0.3, -0.25) is 0 Å². The zero-order chi connectivity index (χ0) is 11.5. The Morgan fingerprint density at radius 1 is 1.38 bits per heavy atom. The number of aliphatic hydroxyl groups is 1. The van der Waals surface area contributed by atoms with Crippen molar-refractivity contribution in [2.24, 2.45) is 0 Å². The minimum atomic E-state index is -0.993. The fraction of sp³-hybridized carbons (Fsp3) is 0.0909. The van der Waals surface area contributed by atoms with Crippen LogP contribution in [0.5, 0.6) is 0 Å². The molecule has 2 rings (SSSR count). The van der Waals surface area contributed by atoms with Gasteiger partial charge in [0.25, 0.3) is 0 Å². The Kier molecular flexibility index (Phi) is 2.70. The second-order valence-electron chi connectivity index (χ2n) is 3.22. The molecule has 0 aliphatic carbocycles. The van der Waals surface area contributed by atoms with Gasteiger partial charge in [0.15, 0.2) is 5.76 Å². The van der Waals surface area contributed by atoms with Gasteiger partial charge in [-0.1, -0.05) is 17.3 Å². The highest BCUT2D eigenvalue weighted by molar-refractivity contribution is 5.89. The van der Waals surface area contributed by atoms with Crippen molar-refractivity contribution in [1.29, 1.82) is 0 Å². The number of nitrogens with zero attached hydrogens (tertiary/aromatic N) is 1. The summed E-state index contributed by atoms with van der Waals surface area (Å²) in [6, 6.07) is 7.93. The maximum absolute atomic E-state index is 10.8. The highest BCUT2D eigenvalue weighted by Crippen LogP contribution is 2.20. The van der Waals surface area contributed by atoms with Crippen molar-refractivity contribution in [2.75, 3.05) is 0 Å². The van der Waals surface area contributed by atoms with Gasteiger partial charge >= 0.3 is 5.97 Å². The summed E-state index contributed by atoms with van der Waals surface area (Å²) in [6.07, 6.45) is 0. The number of carboxylic acids is 1. The van der Waals surface area contributed by atoms with E-state index in [-0.39, 0.29) is 12.2 Å². The number of carbonyl (C=O) groups is 1. The molecule has 0 unspecified atom stereocenters. The van der Waals surface area contributed by atoms with Gasteiger partial charge in [-0.05, 0) is 12.1 Å². The normalized spacial score (nSPS) is 10.3. The molecule has 0 spiro atoms. The van der Waals surface area contributed by atoms with Gasteiger partial charge in [0, 0.05) is 11.6 Å². The molecule has 2 aromatic rings. The number of benzene rings is 1. The van der Waals surface area contributed by atoms with Gasteiger partial charge in [0.2, 0.25) is 0 Å². The molecule has 82 valence electrons. The van der Waals surface area contributed by atoms with Crippen LogP contribution >= 0.6 is 0 Å². The molecule has 0 aliphatic heterocycles.